The van der Waals surface area contributed by atoms with Gasteiger partial charge in [-0.15, -0.1) is 0 Å². The average molecular weight is 262 g/mol. The van der Waals surface area contributed by atoms with E-state index < -0.39 is 0 Å². The third-order valence-corrected chi connectivity index (χ3v) is 3.29. The third-order valence-electron chi connectivity index (χ3n) is 2.56. The van der Waals surface area contributed by atoms with Gasteiger partial charge in [0, 0.05) is 30.1 Å². The molecule has 0 bridgehead atoms. The minimum atomic E-state index is 0.651. The fourth-order valence-electron chi connectivity index (χ4n) is 1.76. The monoisotopic (exact) mass is 262 g/mol. The molecule has 0 aliphatic carbocycles. The highest BCUT2D eigenvalue weighted by Gasteiger charge is 2.00. The van der Waals surface area contributed by atoms with Gasteiger partial charge >= 0.3 is 0 Å². The highest BCUT2D eigenvalue weighted by molar-refractivity contribution is 7.07. The van der Waals surface area contributed by atoms with Gasteiger partial charge in [-0.25, -0.2) is 0 Å². The molecule has 3 N–H and O–H groups in total. The molecule has 4 heteroatoms. The summed E-state index contributed by atoms with van der Waals surface area (Å²) in [6.45, 7) is 3.51. The molecule has 0 spiro atoms. The van der Waals surface area contributed by atoms with Crippen LogP contribution in [0.2, 0.25) is 0 Å². The van der Waals surface area contributed by atoms with E-state index in [-0.39, 0.29) is 0 Å². The first kappa shape index (κ1) is 12.8. The summed E-state index contributed by atoms with van der Waals surface area (Å²) < 4.78 is 5.46. The molecule has 3 nitrogen and oxygen atoms in total. The average Bonchev–Trinajstić information content (AvgIpc) is 2.82. The van der Waals surface area contributed by atoms with Gasteiger partial charge in [0.2, 0.25) is 0 Å². The predicted molar refractivity (Wildman–Crippen MR) is 78.5 cm³/mol. The molecule has 0 saturated heterocycles. The summed E-state index contributed by atoms with van der Waals surface area (Å²) in [5, 5.41) is 7.64. The zero-order valence-corrected chi connectivity index (χ0v) is 11.3. The minimum absolute atomic E-state index is 0.651. The van der Waals surface area contributed by atoms with Crippen LogP contribution in [0.3, 0.4) is 0 Å². The van der Waals surface area contributed by atoms with Gasteiger partial charge in [0.05, 0.1) is 6.61 Å². The second-order valence-electron chi connectivity index (χ2n) is 4.03. The summed E-state index contributed by atoms with van der Waals surface area (Å²) in [6.07, 6.45) is 1.02. The van der Waals surface area contributed by atoms with Crippen LogP contribution < -0.4 is 15.8 Å². The molecule has 2 rings (SSSR count). The molecule has 1 aromatic carbocycles. The second-order valence-corrected chi connectivity index (χ2v) is 4.81. The molecule has 0 radical (unpaired) electrons. The van der Waals surface area contributed by atoms with Crippen molar-refractivity contribution >= 4 is 22.7 Å². The summed E-state index contributed by atoms with van der Waals surface area (Å²) >= 11 is 1.73. The summed E-state index contributed by atoms with van der Waals surface area (Å²) in [4.78, 5) is 0. The van der Waals surface area contributed by atoms with Crippen molar-refractivity contribution in [1.82, 2.24) is 0 Å². The second kappa shape index (κ2) is 6.31. The minimum Gasteiger partial charge on any atom is -0.494 e. The molecule has 0 saturated carbocycles. The lowest BCUT2D eigenvalue weighted by Gasteiger charge is -2.10. The molecule has 0 aliphatic rings. The summed E-state index contributed by atoms with van der Waals surface area (Å²) in [5.74, 6) is 0.815. The maximum atomic E-state index is 5.84. The molecule has 2 aromatic rings. The van der Waals surface area contributed by atoms with Gasteiger partial charge < -0.3 is 15.8 Å². The molecule has 96 valence electrons. The Morgan fingerprint density at radius 3 is 2.94 bits per heavy atom. The van der Waals surface area contributed by atoms with E-state index in [0.717, 1.165) is 30.1 Å². The van der Waals surface area contributed by atoms with Gasteiger partial charge in [-0.1, -0.05) is 0 Å². The van der Waals surface area contributed by atoms with Crippen LogP contribution in [0.25, 0.3) is 0 Å². The first-order valence-corrected chi connectivity index (χ1v) is 7.00. The Morgan fingerprint density at radius 2 is 2.22 bits per heavy atom. The molecule has 0 aliphatic heterocycles. The van der Waals surface area contributed by atoms with Crippen molar-refractivity contribution < 1.29 is 4.74 Å². The van der Waals surface area contributed by atoms with Crippen LogP contribution in [0.1, 0.15) is 12.5 Å². The first-order chi connectivity index (χ1) is 8.78. The van der Waals surface area contributed by atoms with E-state index in [9.17, 15) is 0 Å². The number of ether oxygens (including phenoxy) is 1. The van der Waals surface area contributed by atoms with Gasteiger partial charge in [0.15, 0.2) is 0 Å². The van der Waals surface area contributed by atoms with Crippen molar-refractivity contribution in [2.24, 2.45) is 0 Å². The van der Waals surface area contributed by atoms with E-state index in [0.29, 0.717) is 6.61 Å². The summed E-state index contributed by atoms with van der Waals surface area (Å²) in [5.41, 5.74) is 8.93. The van der Waals surface area contributed by atoms with Crippen LogP contribution in [0.15, 0.2) is 35.0 Å². The number of hydrogen-bond acceptors (Lipinski definition) is 4. The van der Waals surface area contributed by atoms with Crippen LogP contribution in [0.4, 0.5) is 11.4 Å². The number of hydrogen-bond donors (Lipinski definition) is 2. The fourth-order valence-corrected chi connectivity index (χ4v) is 2.46. The predicted octanol–water partition coefficient (Wildman–Crippen LogP) is 3.38. The number of anilines is 2. The fraction of sp³-hybridized carbons (Fsp3) is 0.286. The topological polar surface area (TPSA) is 47.3 Å². The van der Waals surface area contributed by atoms with Crippen LogP contribution in [0.5, 0.6) is 5.75 Å². The van der Waals surface area contributed by atoms with Gasteiger partial charge in [-0.05, 0) is 41.8 Å². The van der Waals surface area contributed by atoms with Gasteiger partial charge in [0.25, 0.3) is 0 Å². The van der Waals surface area contributed by atoms with Gasteiger partial charge in [0.1, 0.15) is 5.75 Å². The standard InChI is InChI=1S/C14H18N2OS/c1-2-17-14-8-12(15)7-13(9-14)16-5-3-11-4-6-18-10-11/h4,6-10,16H,2-3,5,15H2,1H3. The lowest BCUT2D eigenvalue weighted by atomic mass is 10.2. The Bertz CT molecular complexity index is 483. The van der Waals surface area contributed by atoms with E-state index in [2.05, 4.69) is 22.1 Å². The van der Waals surface area contributed by atoms with Crippen LogP contribution in [0, 0.1) is 0 Å². The Morgan fingerprint density at radius 1 is 1.33 bits per heavy atom. The normalized spacial score (nSPS) is 10.3. The smallest absolute Gasteiger partial charge is 0.123 e. The van der Waals surface area contributed by atoms with Crippen molar-refractivity contribution in [1.29, 1.82) is 0 Å². The van der Waals surface area contributed by atoms with E-state index in [1.807, 2.05) is 25.1 Å². The third kappa shape index (κ3) is 3.67. The SMILES string of the molecule is CCOc1cc(N)cc(NCCc2ccsc2)c1. The maximum Gasteiger partial charge on any atom is 0.123 e. The molecular weight excluding hydrogens is 244 g/mol. The Kier molecular flexibility index (Phi) is 4.47. The Balaban J connectivity index is 1.92. The van der Waals surface area contributed by atoms with Crippen LogP contribution >= 0.6 is 11.3 Å². The lowest BCUT2D eigenvalue weighted by molar-refractivity contribution is 0.340. The number of nitrogen functional groups attached to an aromatic ring is 1. The Labute approximate surface area is 112 Å². The lowest BCUT2D eigenvalue weighted by Crippen LogP contribution is -2.05. The number of thiophene rings is 1. The molecule has 0 amide bonds. The molecule has 1 heterocycles. The van der Waals surface area contributed by atoms with Crippen molar-refractivity contribution in [3.63, 3.8) is 0 Å². The number of benzene rings is 1. The zero-order chi connectivity index (χ0) is 12.8. The zero-order valence-electron chi connectivity index (χ0n) is 10.5. The number of rotatable bonds is 6. The highest BCUT2D eigenvalue weighted by Crippen LogP contribution is 2.22. The van der Waals surface area contributed by atoms with Crippen molar-refractivity contribution in [2.45, 2.75) is 13.3 Å². The van der Waals surface area contributed by atoms with Crippen molar-refractivity contribution in [2.75, 3.05) is 24.2 Å². The molecule has 18 heavy (non-hydrogen) atoms. The first-order valence-electron chi connectivity index (χ1n) is 6.06. The summed E-state index contributed by atoms with van der Waals surface area (Å²) in [7, 11) is 0. The van der Waals surface area contributed by atoms with Crippen molar-refractivity contribution in [3.05, 3.63) is 40.6 Å². The molecular formula is C14H18N2OS. The molecule has 1 aromatic heterocycles. The number of nitrogens with one attached hydrogen (secondary N) is 1. The van der Waals surface area contributed by atoms with E-state index in [4.69, 9.17) is 10.5 Å². The summed E-state index contributed by atoms with van der Waals surface area (Å²) in [6, 6.07) is 7.90. The number of nitrogens with two attached hydrogens (primary N) is 1. The van der Waals surface area contributed by atoms with Crippen molar-refractivity contribution in [3.8, 4) is 5.75 Å². The van der Waals surface area contributed by atoms with Gasteiger partial charge in [-0.2, -0.15) is 11.3 Å². The largest absolute Gasteiger partial charge is 0.494 e. The van der Waals surface area contributed by atoms with E-state index in [1.165, 1.54) is 5.56 Å². The van der Waals surface area contributed by atoms with Crippen LogP contribution in [-0.2, 0) is 6.42 Å². The molecule has 0 atom stereocenters. The van der Waals surface area contributed by atoms with E-state index in [1.54, 1.807) is 11.3 Å². The molecule has 0 unspecified atom stereocenters. The van der Waals surface area contributed by atoms with E-state index >= 15 is 0 Å². The van der Waals surface area contributed by atoms with Gasteiger partial charge in [-0.3, -0.25) is 0 Å². The Hall–Kier alpha value is -1.68. The molecule has 0 fully saturated rings. The quantitative estimate of drug-likeness (QED) is 0.784. The van der Waals surface area contributed by atoms with Crippen LogP contribution in [-0.4, -0.2) is 13.2 Å². The highest BCUT2D eigenvalue weighted by atomic mass is 32.1. The maximum absolute atomic E-state index is 5.84.